The number of carbonyl (C=O) groups excluding carboxylic acids is 2. The molecule has 4 aromatic rings. The maximum Gasteiger partial charge on any atom is 0.301 e. The van der Waals surface area contributed by atoms with Crippen LogP contribution in [0.1, 0.15) is 43.5 Å². The van der Waals surface area contributed by atoms with Crippen LogP contribution < -0.4 is 4.90 Å². The zero-order valence-electron chi connectivity index (χ0n) is 19.4. The minimum absolute atomic E-state index is 0.0279. The quantitative estimate of drug-likeness (QED) is 0.188. The predicted octanol–water partition coefficient (Wildman–Crippen LogP) is 6.87. The lowest BCUT2D eigenvalue weighted by molar-refractivity contribution is -0.132. The SMILES string of the molecule is CC(C)(C)c1ccc(C2/C(=C(\O)c3ccc(Cl)cc3)C(=O)C(=O)N2c2nc3ccccc3s2)cc1. The summed E-state index contributed by atoms with van der Waals surface area (Å²) in [4.78, 5) is 32.8. The van der Waals surface area contributed by atoms with E-state index in [-0.39, 0.29) is 16.7 Å². The van der Waals surface area contributed by atoms with E-state index in [0.29, 0.717) is 21.3 Å². The zero-order chi connectivity index (χ0) is 24.9. The summed E-state index contributed by atoms with van der Waals surface area (Å²) >= 11 is 7.35. The van der Waals surface area contributed by atoms with E-state index in [2.05, 4.69) is 25.8 Å². The summed E-state index contributed by atoms with van der Waals surface area (Å²) in [7, 11) is 0. The van der Waals surface area contributed by atoms with Gasteiger partial charge in [-0.3, -0.25) is 14.5 Å². The van der Waals surface area contributed by atoms with Crippen molar-refractivity contribution in [3.63, 3.8) is 0 Å². The summed E-state index contributed by atoms with van der Waals surface area (Å²) < 4.78 is 0.906. The van der Waals surface area contributed by atoms with Gasteiger partial charge in [0.1, 0.15) is 5.76 Å². The van der Waals surface area contributed by atoms with Crippen LogP contribution in [0.15, 0.2) is 78.4 Å². The molecule has 1 unspecified atom stereocenters. The van der Waals surface area contributed by atoms with E-state index in [1.807, 2.05) is 48.5 Å². The summed E-state index contributed by atoms with van der Waals surface area (Å²) in [5, 5.41) is 12.2. The number of rotatable bonds is 3. The van der Waals surface area contributed by atoms with Crippen molar-refractivity contribution in [3.8, 4) is 0 Å². The van der Waals surface area contributed by atoms with Crippen molar-refractivity contribution in [1.29, 1.82) is 0 Å². The summed E-state index contributed by atoms with van der Waals surface area (Å²) in [6.45, 7) is 6.36. The second-order valence-electron chi connectivity index (χ2n) is 9.51. The first-order valence-corrected chi connectivity index (χ1v) is 12.4. The first-order chi connectivity index (χ1) is 16.6. The second-order valence-corrected chi connectivity index (χ2v) is 11.0. The molecular weight excluding hydrogens is 480 g/mol. The Morgan fingerprint density at radius 2 is 1.63 bits per heavy atom. The van der Waals surface area contributed by atoms with Crippen molar-refractivity contribution >= 4 is 55.7 Å². The molecule has 1 aliphatic heterocycles. The van der Waals surface area contributed by atoms with E-state index in [4.69, 9.17) is 11.6 Å². The van der Waals surface area contributed by atoms with Gasteiger partial charge >= 0.3 is 5.91 Å². The highest BCUT2D eigenvalue weighted by Gasteiger charge is 2.48. The maximum absolute atomic E-state index is 13.4. The molecule has 1 amide bonds. The molecule has 2 heterocycles. The molecule has 5 rings (SSSR count). The molecule has 0 saturated carbocycles. The minimum Gasteiger partial charge on any atom is -0.507 e. The van der Waals surface area contributed by atoms with Crippen LogP contribution >= 0.6 is 22.9 Å². The van der Waals surface area contributed by atoms with E-state index >= 15 is 0 Å². The molecule has 1 fully saturated rings. The Labute approximate surface area is 212 Å². The van der Waals surface area contributed by atoms with Gasteiger partial charge in [-0.15, -0.1) is 0 Å². The van der Waals surface area contributed by atoms with Gasteiger partial charge in [0.15, 0.2) is 5.13 Å². The third-order valence-electron chi connectivity index (χ3n) is 6.14. The Morgan fingerprint density at radius 3 is 2.26 bits per heavy atom. The van der Waals surface area contributed by atoms with Crippen LogP contribution in [0.4, 0.5) is 5.13 Å². The Balaban J connectivity index is 1.71. The molecule has 1 aromatic heterocycles. The fraction of sp³-hybridized carbons (Fsp3) is 0.179. The number of benzene rings is 3. The number of anilines is 1. The smallest absolute Gasteiger partial charge is 0.301 e. The van der Waals surface area contributed by atoms with Crippen LogP contribution in [-0.2, 0) is 15.0 Å². The molecule has 7 heteroatoms. The van der Waals surface area contributed by atoms with Crippen LogP contribution in [0.25, 0.3) is 16.0 Å². The van der Waals surface area contributed by atoms with E-state index in [0.717, 1.165) is 15.8 Å². The molecule has 1 aliphatic rings. The monoisotopic (exact) mass is 502 g/mol. The van der Waals surface area contributed by atoms with Crippen LogP contribution in [0.3, 0.4) is 0 Å². The lowest BCUT2D eigenvalue weighted by Gasteiger charge is -2.24. The summed E-state index contributed by atoms with van der Waals surface area (Å²) in [5.74, 6) is -1.71. The average molecular weight is 503 g/mol. The van der Waals surface area contributed by atoms with E-state index in [1.165, 1.54) is 16.2 Å². The summed E-state index contributed by atoms with van der Waals surface area (Å²) in [6.07, 6.45) is 0. The topological polar surface area (TPSA) is 70.5 Å². The highest BCUT2D eigenvalue weighted by Crippen LogP contribution is 2.44. The summed E-state index contributed by atoms with van der Waals surface area (Å²) in [6, 6.07) is 21.1. The van der Waals surface area contributed by atoms with E-state index in [9.17, 15) is 14.7 Å². The number of para-hydroxylation sites is 1. The minimum atomic E-state index is -0.819. The Hall–Kier alpha value is -3.48. The van der Waals surface area contributed by atoms with Crippen LogP contribution in [-0.4, -0.2) is 21.8 Å². The molecule has 0 spiro atoms. The molecular formula is C28H23ClN2O3S. The average Bonchev–Trinajstić information content (AvgIpc) is 3.37. The lowest BCUT2D eigenvalue weighted by Crippen LogP contribution is -2.29. The van der Waals surface area contributed by atoms with Gasteiger partial charge in [-0.1, -0.05) is 80.1 Å². The van der Waals surface area contributed by atoms with Gasteiger partial charge in [0.05, 0.1) is 21.8 Å². The number of halogens is 1. The standard InChI is InChI=1S/C28H23ClN2O3S/c1-28(2,3)18-12-8-16(9-13-18)23-22(24(32)17-10-14-19(29)15-11-17)25(33)26(34)31(23)27-30-20-6-4-5-7-21(20)35-27/h4-15,23,32H,1-3H3/b24-22+. The fourth-order valence-electron chi connectivity index (χ4n) is 4.24. The first kappa shape index (κ1) is 23.3. The van der Waals surface area contributed by atoms with Gasteiger partial charge in [-0.25, -0.2) is 4.98 Å². The Morgan fingerprint density at radius 1 is 0.971 bits per heavy atom. The molecule has 0 bridgehead atoms. The number of ketones is 1. The van der Waals surface area contributed by atoms with E-state index < -0.39 is 17.7 Å². The molecule has 176 valence electrons. The number of fused-ring (bicyclic) bond motifs is 1. The Kier molecular flexibility index (Phi) is 5.74. The number of amides is 1. The van der Waals surface area contributed by atoms with Crippen molar-refractivity contribution < 1.29 is 14.7 Å². The van der Waals surface area contributed by atoms with Crippen molar-refractivity contribution in [2.75, 3.05) is 4.90 Å². The number of thiazole rings is 1. The molecule has 35 heavy (non-hydrogen) atoms. The van der Waals surface area contributed by atoms with Crippen molar-refractivity contribution in [2.45, 2.75) is 32.2 Å². The largest absolute Gasteiger partial charge is 0.507 e. The number of Topliss-reactive ketones (excluding diaryl/α,β-unsaturated/α-hetero) is 1. The molecule has 1 atom stereocenters. The van der Waals surface area contributed by atoms with Gasteiger partial charge in [-0.2, -0.15) is 0 Å². The van der Waals surface area contributed by atoms with Crippen molar-refractivity contribution in [2.24, 2.45) is 0 Å². The Bertz CT molecular complexity index is 1450. The lowest BCUT2D eigenvalue weighted by atomic mass is 9.85. The van der Waals surface area contributed by atoms with Gasteiger partial charge in [0.2, 0.25) is 0 Å². The zero-order valence-corrected chi connectivity index (χ0v) is 21.0. The molecule has 0 aliphatic carbocycles. The third-order valence-corrected chi connectivity index (χ3v) is 7.43. The number of nitrogens with zero attached hydrogens (tertiary/aromatic N) is 2. The van der Waals surface area contributed by atoms with Gasteiger partial charge in [0, 0.05) is 10.6 Å². The van der Waals surface area contributed by atoms with E-state index in [1.54, 1.807) is 24.3 Å². The molecule has 1 saturated heterocycles. The fourth-order valence-corrected chi connectivity index (χ4v) is 5.36. The summed E-state index contributed by atoms with van der Waals surface area (Å²) in [5.41, 5.74) is 2.96. The highest BCUT2D eigenvalue weighted by molar-refractivity contribution is 7.22. The predicted molar refractivity (Wildman–Crippen MR) is 141 cm³/mol. The highest BCUT2D eigenvalue weighted by atomic mass is 35.5. The van der Waals surface area contributed by atoms with Crippen molar-refractivity contribution in [1.82, 2.24) is 4.98 Å². The number of carbonyl (C=O) groups is 2. The molecule has 0 radical (unpaired) electrons. The second kappa shape index (κ2) is 8.63. The molecule has 5 nitrogen and oxygen atoms in total. The van der Waals surface area contributed by atoms with Crippen molar-refractivity contribution in [3.05, 3.63) is 100 Å². The number of aromatic nitrogens is 1. The maximum atomic E-state index is 13.4. The third kappa shape index (κ3) is 4.13. The number of hydrogen-bond acceptors (Lipinski definition) is 5. The number of aliphatic hydroxyl groups excluding tert-OH is 1. The van der Waals surface area contributed by atoms with Gasteiger partial charge < -0.3 is 5.11 Å². The van der Waals surface area contributed by atoms with Gasteiger partial charge in [0.25, 0.3) is 5.78 Å². The number of aliphatic hydroxyl groups is 1. The number of hydrogen-bond donors (Lipinski definition) is 1. The van der Waals surface area contributed by atoms with Crippen LogP contribution in [0, 0.1) is 0 Å². The molecule has 1 N–H and O–H groups in total. The van der Waals surface area contributed by atoms with Crippen LogP contribution in [0.5, 0.6) is 0 Å². The normalized spacial score (nSPS) is 17.9. The van der Waals surface area contributed by atoms with Crippen LogP contribution in [0.2, 0.25) is 5.02 Å². The first-order valence-electron chi connectivity index (χ1n) is 11.2. The molecule has 3 aromatic carbocycles. The van der Waals surface area contributed by atoms with Gasteiger partial charge in [-0.05, 0) is 52.9 Å².